The van der Waals surface area contributed by atoms with Crippen molar-refractivity contribution in [1.29, 1.82) is 0 Å². The van der Waals surface area contributed by atoms with E-state index in [2.05, 4.69) is 0 Å². The number of ether oxygens (including phenoxy) is 1. The van der Waals surface area contributed by atoms with Crippen LogP contribution in [0, 0.1) is 5.41 Å². The first-order valence-corrected chi connectivity index (χ1v) is 8.87. The van der Waals surface area contributed by atoms with Crippen LogP contribution in [0.2, 0.25) is 0 Å². The zero-order chi connectivity index (χ0) is 19.4. The molecule has 3 heteroatoms. The molecular weight excluding hydrogens is 336 g/mol. The zero-order valence-electron chi connectivity index (χ0n) is 15.7. The molecule has 0 saturated heterocycles. The number of carbonyl (C=O) groups excluding carboxylic acids is 2. The van der Waals surface area contributed by atoms with Gasteiger partial charge in [-0.1, -0.05) is 48.5 Å². The fourth-order valence-corrected chi connectivity index (χ4v) is 2.60. The third kappa shape index (κ3) is 4.50. The van der Waals surface area contributed by atoms with Crippen molar-refractivity contribution in [2.75, 3.05) is 0 Å². The summed E-state index contributed by atoms with van der Waals surface area (Å²) in [5, 5.41) is 2.24. The van der Waals surface area contributed by atoms with E-state index in [1.807, 2.05) is 48.5 Å². The Morgan fingerprint density at radius 1 is 0.852 bits per heavy atom. The summed E-state index contributed by atoms with van der Waals surface area (Å²) in [6, 6.07) is 20.7. The van der Waals surface area contributed by atoms with Gasteiger partial charge in [-0.2, -0.15) is 0 Å². The Hall–Kier alpha value is -3.20. The molecule has 0 saturated carbocycles. The average Bonchev–Trinajstić information content (AvgIpc) is 2.66. The maximum Gasteiger partial charge on any atom is 0.316 e. The number of hydrogen-bond donors (Lipinski definition) is 0. The van der Waals surface area contributed by atoms with Crippen molar-refractivity contribution in [3.8, 4) is 5.75 Å². The molecule has 0 radical (unpaired) electrons. The minimum Gasteiger partial charge on any atom is -0.426 e. The van der Waals surface area contributed by atoms with Crippen molar-refractivity contribution < 1.29 is 14.3 Å². The van der Waals surface area contributed by atoms with Gasteiger partial charge in [0.05, 0.1) is 5.41 Å². The highest BCUT2D eigenvalue weighted by molar-refractivity contribution is 6.07. The second-order valence-corrected chi connectivity index (χ2v) is 7.43. The fourth-order valence-electron chi connectivity index (χ4n) is 2.60. The van der Waals surface area contributed by atoms with Gasteiger partial charge in [-0.05, 0) is 67.4 Å². The second-order valence-electron chi connectivity index (χ2n) is 7.43. The minimum absolute atomic E-state index is 0.100. The quantitative estimate of drug-likeness (QED) is 0.260. The predicted octanol–water partition coefficient (Wildman–Crippen LogP) is 5.69. The van der Waals surface area contributed by atoms with Crippen molar-refractivity contribution in [2.45, 2.75) is 20.8 Å². The molecular formula is C24H22O3. The van der Waals surface area contributed by atoms with E-state index in [9.17, 15) is 9.59 Å². The summed E-state index contributed by atoms with van der Waals surface area (Å²) in [5.74, 6) is 0.0265. The Labute approximate surface area is 159 Å². The first-order chi connectivity index (χ1) is 12.8. The van der Waals surface area contributed by atoms with Gasteiger partial charge >= 0.3 is 5.97 Å². The van der Waals surface area contributed by atoms with Gasteiger partial charge in [-0.15, -0.1) is 0 Å². The largest absolute Gasteiger partial charge is 0.426 e. The van der Waals surface area contributed by atoms with E-state index in [1.54, 1.807) is 51.1 Å². The van der Waals surface area contributed by atoms with Crippen LogP contribution in [-0.4, -0.2) is 11.8 Å². The molecule has 3 aromatic carbocycles. The average molecular weight is 358 g/mol. The SMILES string of the molecule is CC(C)(C)C(=O)Oc1ccc(C(=O)/C=C\c2cccc3ccccc23)cc1. The molecule has 0 aromatic heterocycles. The molecule has 3 aromatic rings. The Morgan fingerprint density at radius 3 is 2.22 bits per heavy atom. The number of allylic oxidation sites excluding steroid dienone is 1. The summed E-state index contributed by atoms with van der Waals surface area (Å²) in [7, 11) is 0. The van der Waals surface area contributed by atoms with Gasteiger partial charge in [0.25, 0.3) is 0 Å². The van der Waals surface area contributed by atoms with Gasteiger partial charge in [0, 0.05) is 5.56 Å². The molecule has 0 aliphatic rings. The molecule has 27 heavy (non-hydrogen) atoms. The van der Waals surface area contributed by atoms with E-state index < -0.39 is 5.41 Å². The maximum absolute atomic E-state index is 12.5. The predicted molar refractivity (Wildman–Crippen MR) is 109 cm³/mol. The van der Waals surface area contributed by atoms with E-state index in [1.165, 1.54) is 0 Å². The van der Waals surface area contributed by atoms with Crippen molar-refractivity contribution in [3.05, 3.63) is 83.9 Å². The Kier molecular flexibility index (Phi) is 5.22. The van der Waals surface area contributed by atoms with Crippen LogP contribution in [0.3, 0.4) is 0 Å². The topological polar surface area (TPSA) is 43.4 Å². The summed E-state index contributed by atoms with van der Waals surface area (Å²) >= 11 is 0. The number of fused-ring (bicyclic) bond motifs is 1. The molecule has 0 heterocycles. The van der Waals surface area contributed by atoms with Crippen LogP contribution in [0.4, 0.5) is 0 Å². The van der Waals surface area contributed by atoms with Crippen LogP contribution in [0.1, 0.15) is 36.7 Å². The van der Waals surface area contributed by atoms with Crippen molar-refractivity contribution >= 4 is 28.6 Å². The van der Waals surface area contributed by atoms with Gasteiger partial charge in [0.15, 0.2) is 5.78 Å². The molecule has 0 fully saturated rings. The van der Waals surface area contributed by atoms with E-state index >= 15 is 0 Å². The van der Waals surface area contributed by atoms with Gasteiger partial charge < -0.3 is 4.74 Å². The monoisotopic (exact) mass is 358 g/mol. The lowest BCUT2D eigenvalue weighted by Gasteiger charge is -2.16. The van der Waals surface area contributed by atoms with Crippen molar-refractivity contribution in [1.82, 2.24) is 0 Å². The number of hydrogen-bond acceptors (Lipinski definition) is 3. The number of esters is 1. The number of carbonyl (C=O) groups is 2. The molecule has 0 N–H and O–H groups in total. The van der Waals surface area contributed by atoms with Gasteiger partial charge in [0.1, 0.15) is 5.75 Å². The van der Waals surface area contributed by atoms with Crippen LogP contribution >= 0.6 is 0 Å². The van der Waals surface area contributed by atoms with Gasteiger partial charge in [-0.25, -0.2) is 0 Å². The third-order valence-electron chi connectivity index (χ3n) is 4.20. The zero-order valence-corrected chi connectivity index (χ0v) is 15.7. The smallest absolute Gasteiger partial charge is 0.316 e. The van der Waals surface area contributed by atoms with Gasteiger partial charge in [-0.3, -0.25) is 9.59 Å². The van der Waals surface area contributed by atoms with E-state index in [-0.39, 0.29) is 11.8 Å². The van der Waals surface area contributed by atoms with Crippen LogP contribution < -0.4 is 4.74 Å². The third-order valence-corrected chi connectivity index (χ3v) is 4.20. The first-order valence-electron chi connectivity index (χ1n) is 8.87. The summed E-state index contributed by atoms with van der Waals surface area (Å²) in [6.45, 7) is 5.39. The molecule has 136 valence electrons. The summed E-state index contributed by atoms with van der Waals surface area (Å²) < 4.78 is 5.32. The molecule has 3 nitrogen and oxygen atoms in total. The van der Waals surface area contributed by atoms with Crippen molar-refractivity contribution in [2.24, 2.45) is 5.41 Å². The van der Waals surface area contributed by atoms with E-state index in [0.717, 1.165) is 16.3 Å². The molecule has 0 unspecified atom stereocenters. The molecule has 3 rings (SSSR count). The molecule has 0 aliphatic heterocycles. The van der Waals surface area contributed by atoms with Crippen LogP contribution in [0.15, 0.2) is 72.8 Å². The van der Waals surface area contributed by atoms with Crippen LogP contribution in [0.5, 0.6) is 5.75 Å². The Bertz CT molecular complexity index is 1000. The highest BCUT2D eigenvalue weighted by Crippen LogP contribution is 2.21. The standard InChI is InChI=1S/C24H22O3/c1-24(2,3)23(26)27-20-14-11-19(12-15-20)22(25)16-13-18-9-6-8-17-7-4-5-10-21(17)18/h4-16H,1-3H3/b16-13-. The molecule has 0 spiro atoms. The summed E-state index contributed by atoms with van der Waals surface area (Å²) in [6.07, 6.45) is 3.40. The van der Waals surface area contributed by atoms with E-state index in [0.29, 0.717) is 11.3 Å². The summed E-state index contributed by atoms with van der Waals surface area (Å²) in [5.41, 5.74) is 0.967. The van der Waals surface area contributed by atoms with Gasteiger partial charge in [0.2, 0.25) is 0 Å². The first kappa shape index (κ1) is 18.6. The van der Waals surface area contributed by atoms with Crippen LogP contribution in [-0.2, 0) is 4.79 Å². The molecule has 0 aliphatic carbocycles. The summed E-state index contributed by atoms with van der Waals surface area (Å²) in [4.78, 5) is 24.4. The molecule has 0 amide bonds. The minimum atomic E-state index is -0.574. The van der Waals surface area contributed by atoms with Crippen molar-refractivity contribution in [3.63, 3.8) is 0 Å². The molecule has 0 atom stereocenters. The van der Waals surface area contributed by atoms with Crippen LogP contribution in [0.25, 0.3) is 16.8 Å². The maximum atomic E-state index is 12.5. The lowest BCUT2D eigenvalue weighted by molar-refractivity contribution is -0.142. The fraction of sp³-hybridized carbons (Fsp3) is 0.167. The van der Waals surface area contributed by atoms with E-state index in [4.69, 9.17) is 4.74 Å². The number of rotatable bonds is 4. The number of ketones is 1. The lowest BCUT2D eigenvalue weighted by atomic mass is 9.97. The normalized spacial score (nSPS) is 11.7. The number of benzene rings is 3. The Morgan fingerprint density at radius 2 is 1.52 bits per heavy atom. The Balaban J connectivity index is 1.74. The highest BCUT2D eigenvalue weighted by Gasteiger charge is 2.23. The second kappa shape index (κ2) is 7.58. The molecule has 0 bridgehead atoms. The lowest BCUT2D eigenvalue weighted by Crippen LogP contribution is -2.25. The highest BCUT2D eigenvalue weighted by atomic mass is 16.5.